The normalized spacial score (nSPS) is 11.2. The first-order valence-electron chi connectivity index (χ1n) is 9.00. The maximum Gasteiger partial charge on any atom is 0.302 e. The molecule has 0 atom stereocenters. The molecule has 0 radical (unpaired) electrons. The van der Waals surface area contributed by atoms with E-state index in [0.29, 0.717) is 6.61 Å². The highest BCUT2D eigenvalue weighted by atomic mass is 16.5. The van der Waals surface area contributed by atoms with Gasteiger partial charge in [0.25, 0.3) is 0 Å². The van der Waals surface area contributed by atoms with Crippen LogP contribution in [0.25, 0.3) is 0 Å². The van der Waals surface area contributed by atoms with E-state index >= 15 is 0 Å². The van der Waals surface area contributed by atoms with Crippen LogP contribution in [0.2, 0.25) is 0 Å². The predicted molar refractivity (Wildman–Crippen MR) is 104 cm³/mol. The van der Waals surface area contributed by atoms with Crippen molar-refractivity contribution in [1.82, 2.24) is 5.32 Å². The summed E-state index contributed by atoms with van der Waals surface area (Å²) in [5, 5.41) is 3.48. The molecule has 0 bridgehead atoms. The number of carbonyl (C=O) groups excluding carboxylic acids is 1. The summed E-state index contributed by atoms with van der Waals surface area (Å²) in [7, 11) is 0. The summed E-state index contributed by atoms with van der Waals surface area (Å²) in [6, 6.07) is 16.1. The van der Waals surface area contributed by atoms with Crippen LogP contribution < -0.4 is 10.1 Å². The second-order valence-electron chi connectivity index (χ2n) is 7.42. The summed E-state index contributed by atoms with van der Waals surface area (Å²) >= 11 is 0. The molecule has 0 saturated carbocycles. The van der Waals surface area contributed by atoms with Crippen molar-refractivity contribution in [1.29, 1.82) is 0 Å². The highest BCUT2D eigenvalue weighted by molar-refractivity contribution is 5.66. The van der Waals surface area contributed by atoms with E-state index in [1.54, 1.807) is 0 Å². The lowest BCUT2D eigenvalue weighted by atomic mass is 10.1. The molecule has 2 aromatic rings. The Labute approximate surface area is 156 Å². The number of hydrogen-bond donors (Lipinski definition) is 1. The fourth-order valence-corrected chi connectivity index (χ4v) is 2.54. The van der Waals surface area contributed by atoms with Gasteiger partial charge in [-0.2, -0.15) is 0 Å². The Kier molecular flexibility index (Phi) is 7.22. The van der Waals surface area contributed by atoms with E-state index in [1.807, 2.05) is 36.4 Å². The molecular weight excluding hydrogens is 326 g/mol. The number of nitrogens with one attached hydrogen (secondary N) is 1. The monoisotopic (exact) mass is 355 g/mol. The minimum atomic E-state index is -0.293. The molecule has 0 amide bonds. The van der Waals surface area contributed by atoms with Gasteiger partial charge in [-0.25, -0.2) is 0 Å². The van der Waals surface area contributed by atoms with Crippen molar-refractivity contribution in [2.45, 2.75) is 52.9 Å². The lowest BCUT2D eigenvalue weighted by molar-refractivity contribution is -0.142. The molecule has 0 unspecified atom stereocenters. The first kappa shape index (κ1) is 20.0. The van der Waals surface area contributed by atoms with Gasteiger partial charge >= 0.3 is 5.97 Å². The Bertz CT molecular complexity index is 705. The lowest BCUT2D eigenvalue weighted by Crippen LogP contribution is -2.37. The third kappa shape index (κ3) is 7.28. The van der Waals surface area contributed by atoms with Gasteiger partial charge in [-0.3, -0.25) is 4.79 Å². The summed E-state index contributed by atoms with van der Waals surface area (Å²) in [4.78, 5) is 11.2. The van der Waals surface area contributed by atoms with Crippen molar-refractivity contribution >= 4 is 5.97 Å². The SMILES string of the molecule is CC(=O)OCc1cc(CCNC(C)(C)C)ccc1OCc1ccccc1. The predicted octanol–water partition coefficient (Wildman–Crippen LogP) is 4.26. The molecule has 2 rings (SSSR count). The fraction of sp³-hybridized carbons (Fsp3) is 0.409. The number of benzene rings is 2. The van der Waals surface area contributed by atoms with Crippen molar-refractivity contribution in [3.05, 3.63) is 65.2 Å². The van der Waals surface area contributed by atoms with E-state index in [-0.39, 0.29) is 18.1 Å². The van der Waals surface area contributed by atoms with E-state index in [4.69, 9.17) is 9.47 Å². The zero-order valence-corrected chi connectivity index (χ0v) is 16.2. The standard InChI is InChI=1S/C22H29NO3/c1-17(24)25-16-20-14-18(12-13-23-22(2,3)4)10-11-21(20)26-15-19-8-6-5-7-9-19/h5-11,14,23H,12-13,15-16H2,1-4H3. The van der Waals surface area contributed by atoms with Gasteiger partial charge in [0.05, 0.1) is 0 Å². The van der Waals surface area contributed by atoms with Crippen LogP contribution in [0.3, 0.4) is 0 Å². The maximum atomic E-state index is 11.2. The van der Waals surface area contributed by atoms with E-state index < -0.39 is 0 Å². The molecular formula is C22H29NO3. The second kappa shape index (κ2) is 9.39. The smallest absolute Gasteiger partial charge is 0.302 e. The molecule has 2 aromatic carbocycles. The first-order valence-corrected chi connectivity index (χ1v) is 9.00. The van der Waals surface area contributed by atoms with Crippen LogP contribution in [-0.4, -0.2) is 18.1 Å². The van der Waals surface area contributed by atoms with E-state index in [0.717, 1.165) is 29.8 Å². The zero-order valence-electron chi connectivity index (χ0n) is 16.2. The Morgan fingerprint density at radius 3 is 2.38 bits per heavy atom. The third-order valence-electron chi connectivity index (χ3n) is 3.86. The lowest BCUT2D eigenvalue weighted by Gasteiger charge is -2.20. The molecule has 0 spiro atoms. The van der Waals surface area contributed by atoms with Gasteiger partial charge in [-0.15, -0.1) is 0 Å². The van der Waals surface area contributed by atoms with Crippen molar-refractivity contribution in [2.24, 2.45) is 0 Å². The van der Waals surface area contributed by atoms with Gasteiger partial charge in [0, 0.05) is 18.0 Å². The second-order valence-corrected chi connectivity index (χ2v) is 7.42. The molecule has 0 aliphatic rings. The van der Waals surface area contributed by atoms with Crippen molar-refractivity contribution in [2.75, 3.05) is 6.54 Å². The minimum absolute atomic E-state index is 0.0965. The zero-order chi connectivity index (χ0) is 19.0. The van der Waals surface area contributed by atoms with E-state index in [2.05, 4.69) is 38.2 Å². The van der Waals surface area contributed by atoms with Gasteiger partial charge in [0.1, 0.15) is 19.0 Å². The van der Waals surface area contributed by atoms with Crippen LogP contribution in [0, 0.1) is 0 Å². The summed E-state index contributed by atoms with van der Waals surface area (Å²) < 4.78 is 11.2. The molecule has 1 N–H and O–H groups in total. The number of carbonyl (C=O) groups is 1. The van der Waals surface area contributed by atoms with Gasteiger partial charge in [0.2, 0.25) is 0 Å². The number of ether oxygens (including phenoxy) is 2. The van der Waals surface area contributed by atoms with Gasteiger partial charge in [0.15, 0.2) is 0 Å². The average Bonchev–Trinajstić information content (AvgIpc) is 2.58. The molecule has 0 fully saturated rings. The van der Waals surface area contributed by atoms with E-state index in [1.165, 1.54) is 12.5 Å². The van der Waals surface area contributed by atoms with Gasteiger partial charge in [-0.1, -0.05) is 36.4 Å². The Morgan fingerprint density at radius 1 is 1.00 bits per heavy atom. The molecule has 0 aromatic heterocycles. The van der Waals surface area contributed by atoms with E-state index in [9.17, 15) is 4.79 Å². The topological polar surface area (TPSA) is 47.6 Å². The molecule has 26 heavy (non-hydrogen) atoms. The van der Waals surface area contributed by atoms with Crippen molar-refractivity contribution < 1.29 is 14.3 Å². The largest absolute Gasteiger partial charge is 0.488 e. The minimum Gasteiger partial charge on any atom is -0.488 e. The average molecular weight is 355 g/mol. The van der Waals surface area contributed by atoms with Crippen LogP contribution in [0.4, 0.5) is 0 Å². The Balaban J connectivity index is 2.06. The maximum absolute atomic E-state index is 11.2. The van der Waals surface area contributed by atoms with Crippen LogP contribution in [0.1, 0.15) is 44.4 Å². The Morgan fingerprint density at radius 2 is 1.73 bits per heavy atom. The molecule has 4 heteroatoms. The molecule has 0 saturated heterocycles. The van der Waals surface area contributed by atoms with Crippen LogP contribution in [0.5, 0.6) is 5.75 Å². The van der Waals surface area contributed by atoms with Crippen LogP contribution in [-0.2, 0) is 29.2 Å². The van der Waals surface area contributed by atoms with Gasteiger partial charge < -0.3 is 14.8 Å². The van der Waals surface area contributed by atoms with Crippen LogP contribution in [0.15, 0.2) is 48.5 Å². The van der Waals surface area contributed by atoms with Crippen molar-refractivity contribution in [3.63, 3.8) is 0 Å². The molecule has 140 valence electrons. The van der Waals surface area contributed by atoms with Crippen molar-refractivity contribution in [3.8, 4) is 5.75 Å². The molecule has 0 heterocycles. The molecule has 0 aliphatic heterocycles. The highest BCUT2D eigenvalue weighted by Gasteiger charge is 2.10. The summed E-state index contributed by atoms with van der Waals surface area (Å²) in [5.74, 6) is 0.460. The number of esters is 1. The summed E-state index contributed by atoms with van der Waals surface area (Å²) in [6.07, 6.45) is 0.906. The number of rotatable bonds is 8. The summed E-state index contributed by atoms with van der Waals surface area (Å²) in [6.45, 7) is 9.47. The molecule has 4 nitrogen and oxygen atoms in total. The van der Waals surface area contributed by atoms with Gasteiger partial charge in [-0.05, 0) is 57.0 Å². The summed E-state index contributed by atoms with van der Waals surface area (Å²) in [5.41, 5.74) is 3.28. The molecule has 0 aliphatic carbocycles. The Hall–Kier alpha value is -2.33. The quantitative estimate of drug-likeness (QED) is 0.719. The third-order valence-corrected chi connectivity index (χ3v) is 3.86. The highest BCUT2D eigenvalue weighted by Crippen LogP contribution is 2.23. The van der Waals surface area contributed by atoms with Crippen LogP contribution >= 0.6 is 0 Å². The fourth-order valence-electron chi connectivity index (χ4n) is 2.54. The first-order chi connectivity index (χ1) is 12.3. The number of hydrogen-bond acceptors (Lipinski definition) is 4.